The molecular formula is C18H14N2O3. The van der Waals surface area contributed by atoms with E-state index in [2.05, 4.69) is 9.97 Å². The minimum absolute atomic E-state index is 0.274. The molecule has 2 heterocycles. The first-order valence-electron chi connectivity index (χ1n) is 7.17. The minimum Gasteiger partial charge on any atom is -0.497 e. The van der Waals surface area contributed by atoms with Gasteiger partial charge in [-0.05, 0) is 36.4 Å². The average molecular weight is 306 g/mol. The first-order valence-corrected chi connectivity index (χ1v) is 7.17. The lowest BCUT2D eigenvalue weighted by atomic mass is 10.0. The van der Waals surface area contributed by atoms with Crippen molar-refractivity contribution >= 4 is 27.8 Å². The number of hydrogen-bond donors (Lipinski definition) is 3. The first kappa shape index (κ1) is 13.5. The van der Waals surface area contributed by atoms with Gasteiger partial charge in [0, 0.05) is 45.3 Å². The molecule has 0 unspecified atom stereocenters. The lowest BCUT2D eigenvalue weighted by molar-refractivity contribution is 0.0697. The maximum Gasteiger partial charge on any atom is 0.335 e. The van der Waals surface area contributed by atoms with Gasteiger partial charge in [-0.3, -0.25) is 0 Å². The molecule has 2 aromatic carbocycles. The third kappa shape index (κ3) is 2.05. The largest absolute Gasteiger partial charge is 0.497 e. The predicted molar refractivity (Wildman–Crippen MR) is 89.1 cm³/mol. The number of ether oxygens (including phenoxy) is 1. The molecule has 3 N–H and O–H groups in total. The highest BCUT2D eigenvalue weighted by atomic mass is 16.5. The molecule has 0 spiro atoms. The lowest BCUT2D eigenvalue weighted by Crippen LogP contribution is -1.94. The predicted octanol–water partition coefficient (Wildman–Crippen LogP) is 4.02. The molecule has 0 amide bonds. The standard InChI is InChI=1S/C18H14N2O3/c1-23-11-3-5-17-13(7-11)15(9-20-17)14-8-19-16-4-2-10(18(21)22)6-12(14)16/h2-9,19-20H,1H3,(H,21,22). The number of fused-ring (bicyclic) bond motifs is 2. The summed E-state index contributed by atoms with van der Waals surface area (Å²) in [5.74, 6) is -0.149. The van der Waals surface area contributed by atoms with Crippen molar-refractivity contribution in [2.75, 3.05) is 7.11 Å². The summed E-state index contributed by atoms with van der Waals surface area (Å²) < 4.78 is 5.30. The summed E-state index contributed by atoms with van der Waals surface area (Å²) in [6, 6.07) is 10.9. The van der Waals surface area contributed by atoms with E-state index in [1.807, 2.05) is 30.6 Å². The molecule has 4 rings (SSSR count). The lowest BCUT2D eigenvalue weighted by Gasteiger charge is -2.02. The zero-order valence-corrected chi connectivity index (χ0v) is 12.4. The van der Waals surface area contributed by atoms with Crippen LogP contribution in [0.1, 0.15) is 10.4 Å². The van der Waals surface area contributed by atoms with Crippen LogP contribution in [0.5, 0.6) is 5.75 Å². The number of nitrogens with one attached hydrogen (secondary N) is 2. The van der Waals surface area contributed by atoms with Gasteiger partial charge in [0.25, 0.3) is 0 Å². The van der Waals surface area contributed by atoms with Crippen LogP contribution in [-0.2, 0) is 0 Å². The van der Waals surface area contributed by atoms with Gasteiger partial charge in [-0.25, -0.2) is 4.79 Å². The molecule has 0 saturated heterocycles. The third-order valence-electron chi connectivity index (χ3n) is 4.11. The van der Waals surface area contributed by atoms with Crippen LogP contribution >= 0.6 is 0 Å². The average Bonchev–Trinajstić information content (AvgIpc) is 3.16. The zero-order valence-electron chi connectivity index (χ0n) is 12.4. The Labute approximate surface area is 131 Å². The van der Waals surface area contributed by atoms with Crippen molar-refractivity contribution in [3.63, 3.8) is 0 Å². The summed E-state index contributed by atoms with van der Waals surface area (Å²) >= 11 is 0. The highest BCUT2D eigenvalue weighted by Gasteiger charge is 2.13. The Kier molecular flexibility index (Phi) is 2.87. The second-order valence-corrected chi connectivity index (χ2v) is 5.38. The van der Waals surface area contributed by atoms with E-state index in [9.17, 15) is 9.90 Å². The number of carbonyl (C=O) groups is 1. The second kappa shape index (κ2) is 4.91. The summed E-state index contributed by atoms with van der Waals surface area (Å²) in [4.78, 5) is 17.7. The Morgan fingerprint density at radius 2 is 1.57 bits per heavy atom. The number of hydrogen-bond acceptors (Lipinski definition) is 2. The van der Waals surface area contributed by atoms with Gasteiger partial charge in [0.2, 0.25) is 0 Å². The Balaban J connectivity index is 1.98. The quantitative estimate of drug-likeness (QED) is 0.535. The van der Waals surface area contributed by atoms with Crippen LogP contribution in [0.25, 0.3) is 32.9 Å². The highest BCUT2D eigenvalue weighted by Crippen LogP contribution is 2.35. The fraction of sp³-hybridized carbons (Fsp3) is 0.0556. The summed E-state index contributed by atoms with van der Waals surface area (Å²) in [7, 11) is 1.64. The summed E-state index contributed by atoms with van der Waals surface area (Å²) in [6.45, 7) is 0. The van der Waals surface area contributed by atoms with Gasteiger partial charge in [-0.1, -0.05) is 0 Å². The molecule has 5 heteroatoms. The molecule has 2 aromatic heterocycles. The van der Waals surface area contributed by atoms with E-state index < -0.39 is 5.97 Å². The molecule has 5 nitrogen and oxygen atoms in total. The van der Waals surface area contributed by atoms with Crippen molar-refractivity contribution < 1.29 is 14.6 Å². The van der Waals surface area contributed by atoms with E-state index in [-0.39, 0.29) is 5.56 Å². The van der Waals surface area contributed by atoms with Crippen molar-refractivity contribution in [2.24, 2.45) is 0 Å². The number of carboxylic acid groups (broad SMARTS) is 1. The van der Waals surface area contributed by atoms with E-state index in [4.69, 9.17) is 4.74 Å². The Hall–Kier alpha value is -3.21. The van der Waals surface area contributed by atoms with Gasteiger partial charge >= 0.3 is 5.97 Å². The number of aromatic amines is 2. The van der Waals surface area contributed by atoms with Crippen molar-refractivity contribution in [1.29, 1.82) is 0 Å². The molecule has 0 aliphatic rings. The smallest absolute Gasteiger partial charge is 0.335 e. The van der Waals surface area contributed by atoms with Crippen LogP contribution in [-0.4, -0.2) is 28.2 Å². The van der Waals surface area contributed by atoms with Gasteiger partial charge in [0.1, 0.15) is 5.75 Å². The Morgan fingerprint density at radius 3 is 2.17 bits per heavy atom. The van der Waals surface area contributed by atoms with Gasteiger partial charge in [-0.15, -0.1) is 0 Å². The van der Waals surface area contributed by atoms with Crippen LogP contribution in [0.3, 0.4) is 0 Å². The molecule has 0 aliphatic carbocycles. The molecule has 4 aromatic rings. The van der Waals surface area contributed by atoms with Crippen LogP contribution in [0.15, 0.2) is 48.8 Å². The number of rotatable bonds is 3. The van der Waals surface area contributed by atoms with Crippen LogP contribution in [0.4, 0.5) is 0 Å². The van der Waals surface area contributed by atoms with Crippen molar-refractivity contribution in [1.82, 2.24) is 9.97 Å². The van der Waals surface area contributed by atoms with Gasteiger partial charge in [0.05, 0.1) is 12.7 Å². The summed E-state index contributed by atoms with van der Waals surface area (Å²) in [5.41, 5.74) is 4.15. The summed E-state index contributed by atoms with van der Waals surface area (Å²) in [6.07, 6.45) is 3.83. The molecule has 0 fully saturated rings. The zero-order chi connectivity index (χ0) is 16.0. The minimum atomic E-state index is -0.931. The number of aromatic nitrogens is 2. The molecule has 114 valence electrons. The number of carboxylic acids is 1. The van der Waals surface area contributed by atoms with E-state index in [1.54, 1.807) is 25.3 Å². The first-order chi connectivity index (χ1) is 11.2. The monoisotopic (exact) mass is 306 g/mol. The Bertz CT molecular complexity index is 1040. The second-order valence-electron chi connectivity index (χ2n) is 5.38. The third-order valence-corrected chi connectivity index (χ3v) is 4.11. The van der Waals surface area contributed by atoms with Crippen molar-refractivity contribution in [2.45, 2.75) is 0 Å². The van der Waals surface area contributed by atoms with Crippen LogP contribution < -0.4 is 4.74 Å². The maximum absolute atomic E-state index is 11.2. The van der Waals surface area contributed by atoms with Gasteiger partial charge in [0.15, 0.2) is 0 Å². The fourth-order valence-electron chi connectivity index (χ4n) is 2.93. The number of benzene rings is 2. The van der Waals surface area contributed by atoms with E-state index in [0.29, 0.717) is 0 Å². The van der Waals surface area contributed by atoms with Gasteiger partial charge in [-0.2, -0.15) is 0 Å². The van der Waals surface area contributed by atoms with E-state index in [0.717, 1.165) is 38.7 Å². The maximum atomic E-state index is 11.2. The van der Waals surface area contributed by atoms with Crippen LogP contribution in [0.2, 0.25) is 0 Å². The molecule has 0 aliphatic heterocycles. The van der Waals surface area contributed by atoms with Crippen molar-refractivity contribution in [3.05, 3.63) is 54.4 Å². The normalized spacial score (nSPS) is 11.2. The molecular weight excluding hydrogens is 292 g/mol. The fourth-order valence-corrected chi connectivity index (χ4v) is 2.93. The summed E-state index contributed by atoms with van der Waals surface area (Å²) in [5, 5.41) is 11.1. The van der Waals surface area contributed by atoms with Crippen LogP contribution in [0, 0.1) is 0 Å². The topological polar surface area (TPSA) is 78.1 Å². The molecule has 23 heavy (non-hydrogen) atoms. The number of aromatic carboxylic acids is 1. The number of H-pyrrole nitrogens is 2. The van der Waals surface area contributed by atoms with E-state index in [1.165, 1.54) is 0 Å². The SMILES string of the molecule is COc1ccc2[nH]cc(-c3c[nH]c4ccc(C(=O)O)cc34)c2c1. The molecule has 0 saturated carbocycles. The molecule has 0 bridgehead atoms. The van der Waals surface area contributed by atoms with E-state index >= 15 is 0 Å². The number of methoxy groups -OCH3 is 1. The molecule has 0 atom stereocenters. The highest BCUT2D eigenvalue weighted by molar-refractivity contribution is 6.06. The van der Waals surface area contributed by atoms with Crippen molar-refractivity contribution in [3.8, 4) is 16.9 Å². The van der Waals surface area contributed by atoms with Gasteiger partial charge < -0.3 is 19.8 Å². The Morgan fingerprint density at radius 1 is 0.957 bits per heavy atom. The molecule has 0 radical (unpaired) electrons.